The summed E-state index contributed by atoms with van der Waals surface area (Å²) in [6.07, 6.45) is 4.32. The summed E-state index contributed by atoms with van der Waals surface area (Å²) in [4.78, 5) is 15.9. The molecule has 0 spiro atoms. The van der Waals surface area contributed by atoms with Crippen LogP contribution >= 0.6 is 0 Å². The summed E-state index contributed by atoms with van der Waals surface area (Å²) in [5, 5.41) is 3.41. The molecule has 4 heteroatoms. The summed E-state index contributed by atoms with van der Waals surface area (Å²) in [6.45, 7) is 0. The van der Waals surface area contributed by atoms with E-state index >= 15 is 0 Å². The average molecular weight is 282 g/mol. The highest BCUT2D eigenvalue weighted by Crippen LogP contribution is 2.40. The molecule has 1 saturated heterocycles. The van der Waals surface area contributed by atoms with Crippen molar-refractivity contribution in [1.29, 1.82) is 0 Å². The van der Waals surface area contributed by atoms with E-state index in [1.54, 1.807) is 12.4 Å². The maximum absolute atomic E-state index is 11.9. The van der Waals surface area contributed by atoms with Crippen molar-refractivity contribution in [3.63, 3.8) is 0 Å². The average Bonchev–Trinajstić information content (AvgIpc) is 3.01. The first-order valence-corrected chi connectivity index (χ1v) is 7.08. The van der Waals surface area contributed by atoms with Gasteiger partial charge in [0.2, 0.25) is 0 Å². The molecule has 108 valence electrons. The van der Waals surface area contributed by atoms with E-state index in [9.17, 15) is 4.79 Å². The summed E-state index contributed by atoms with van der Waals surface area (Å²) in [6, 6.07) is 14.1. The molecular formula is C17H18N2O2. The summed E-state index contributed by atoms with van der Waals surface area (Å²) < 4.78 is 4.89. The number of nitrogens with one attached hydrogen (secondary N) is 1. The van der Waals surface area contributed by atoms with Gasteiger partial charge in [0.1, 0.15) is 6.04 Å². The van der Waals surface area contributed by atoms with E-state index in [1.807, 2.05) is 30.3 Å². The fraction of sp³-hybridized carbons (Fsp3) is 0.294. The topological polar surface area (TPSA) is 51.2 Å². The van der Waals surface area contributed by atoms with E-state index in [4.69, 9.17) is 4.74 Å². The highest BCUT2D eigenvalue weighted by molar-refractivity contribution is 5.76. The maximum Gasteiger partial charge on any atom is 0.322 e. The Morgan fingerprint density at radius 1 is 1.14 bits per heavy atom. The van der Waals surface area contributed by atoms with Crippen LogP contribution in [0.25, 0.3) is 0 Å². The molecule has 1 aromatic heterocycles. The van der Waals surface area contributed by atoms with Gasteiger partial charge in [-0.3, -0.25) is 15.1 Å². The van der Waals surface area contributed by atoms with Crippen LogP contribution in [-0.4, -0.2) is 24.1 Å². The molecule has 0 saturated carbocycles. The van der Waals surface area contributed by atoms with Crippen LogP contribution in [0, 0.1) is 0 Å². The Bertz CT molecular complexity index is 553. The van der Waals surface area contributed by atoms with E-state index in [-0.39, 0.29) is 24.0 Å². The number of esters is 1. The minimum absolute atomic E-state index is 0.109. The minimum atomic E-state index is -0.265. The standard InChI is InChI=1S/C17H18N2O2/c1-21-17(20)15-11-14(12-7-9-18-10-8-12)16(19-15)13-5-3-2-4-6-13/h2-10,14-16,19H,11H2,1H3/t14-,15+,16+/m1/s1. The van der Waals surface area contributed by atoms with Gasteiger partial charge in [-0.1, -0.05) is 30.3 Å². The molecule has 0 unspecified atom stereocenters. The largest absolute Gasteiger partial charge is 0.468 e. The van der Waals surface area contributed by atoms with Gasteiger partial charge in [-0.25, -0.2) is 0 Å². The molecule has 0 amide bonds. The van der Waals surface area contributed by atoms with Crippen molar-refractivity contribution in [2.45, 2.75) is 24.4 Å². The summed E-state index contributed by atoms with van der Waals surface area (Å²) in [5.41, 5.74) is 2.38. The number of aromatic nitrogens is 1. The van der Waals surface area contributed by atoms with Crippen LogP contribution in [0.3, 0.4) is 0 Å². The Hall–Kier alpha value is -2.20. The van der Waals surface area contributed by atoms with Crippen molar-refractivity contribution in [3.8, 4) is 0 Å². The molecule has 1 aliphatic heterocycles. The third-order valence-electron chi connectivity index (χ3n) is 4.05. The molecule has 4 nitrogen and oxygen atoms in total. The van der Waals surface area contributed by atoms with E-state index in [2.05, 4.69) is 22.4 Å². The maximum atomic E-state index is 11.9. The van der Waals surface area contributed by atoms with Crippen LogP contribution in [0.15, 0.2) is 54.9 Å². The monoisotopic (exact) mass is 282 g/mol. The van der Waals surface area contributed by atoms with E-state index in [0.717, 1.165) is 6.42 Å². The molecule has 1 N–H and O–H groups in total. The molecule has 2 aromatic rings. The highest BCUT2D eigenvalue weighted by Gasteiger charge is 2.39. The lowest BCUT2D eigenvalue weighted by Gasteiger charge is -2.20. The lowest BCUT2D eigenvalue weighted by atomic mass is 9.88. The third-order valence-corrected chi connectivity index (χ3v) is 4.05. The molecule has 1 aliphatic rings. The highest BCUT2D eigenvalue weighted by atomic mass is 16.5. The number of rotatable bonds is 3. The first-order chi connectivity index (χ1) is 10.3. The summed E-state index contributed by atoms with van der Waals surface area (Å²) in [5.74, 6) is 0.0342. The van der Waals surface area contributed by atoms with Crippen LogP contribution < -0.4 is 5.32 Å². The van der Waals surface area contributed by atoms with Crippen LogP contribution in [-0.2, 0) is 9.53 Å². The number of hydrogen-bond acceptors (Lipinski definition) is 4. The van der Waals surface area contributed by atoms with Crippen molar-refractivity contribution >= 4 is 5.97 Å². The van der Waals surface area contributed by atoms with Gasteiger partial charge in [-0.05, 0) is 29.7 Å². The van der Waals surface area contributed by atoms with Crippen LogP contribution in [0.1, 0.15) is 29.5 Å². The van der Waals surface area contributed by atoms with Gasteiger partial charge < -0.3 is 4.74 Å². The number of hydrogen-bond donors (Lipinski definition) is 1. The molecule has 0 radical (unpaired) electrons. The van der Waals surface area contributed by atoms with Gasteiger partial charge in [0.25, 0.3) is 0 Å². The second-order valence-corrected chi connectivity index (χ2v) is 5.25. The Morgan fingerprint density at radius 3 is 2.52 bits per heavy atom. The third kappa shape index (κ3) is 2.81. The number of ether oxygens (including phenoxy) is 1. The van der Waals surface area contributed by atoms with E-state index < -0.39 is 0 Å². The van der Waals surface area contributed by atoms with E-state index in [1.165, 1.54) is 18.2 Å². The summed E-state index contributed by atoms with van der Waals surface area (Å²) >= 11 is 0. The first-order valence-electron chi connectivity index (χ1n) is 7.08. The Kier molecular flexibility index (Phi) is 3.97. The zero-order chi connectivity index (χ0) is 14.7. The number of pyridine rings is 1. The second kappa shape index (κ2) is 6.06. The van der Waals surface area contributed by atoms with Gasteiger partial charge >= 0.3 is 5.97 Å². The molecule has 3 atom stereocenters. The second-order valence-electron chi connectivity index (χ2n) is 5.25. The van der Waals surface area contributed by atoms with Crippen LogP contribution in [0.5, 0.6) is 0 Å². The van der Waals surface area contributed by atoms with Gasteiger partial charge in [0.05, 0.1) is 7.11 Å². The van der Waals surface area contributed by atoms with E-state index in [0.29, 0.717) is 0 Å². The molecule has 0 aliphatic carbocycles. The number of carbonyl (C=O) groups excluding carboxylic acids is 1. The SMILES string of the molecule is COC(=O)[C@@H]1C[C@H](c2ccncc2)[C@H](c2ccccc2)N1. The molecular weight excluding hydrogens is 264 g/mol. The van der Waals surface area contributed by atoms with Crippen molar-refractivity contribution in [2.75, 3.05) is 7.11 Å². The van der Waals surface area contributed by atoms with Crippen molar-refractivity contribution in [3.05, 3.63) is 66.0 Å². The molecule has 1 fully saturated rings. The predicted molar refractivity (Wildman–Crippen MR) is 79.7 cm³/mol. The molecule has 1 aromatic carbocycles. The summed E-state index contributed by atoms with van der Waals surface area (Å²) in [7, 11) is 1.43. The quantitative estimate of drug-likeness (QED) is 0.879. The zero-order valence-corrected chi connectivity index (χ0v) is 11.9. The first kappa shape index (κ1) is 13.8. The van der Waals surface area contributed by atoms with Crippen molar-refractivity contribution in [2.24, 2.45) is 0 Å². The van der Waals surface area contributed by atoms with Gasteiger partial charge in [-0.15, -0.1) is 0 Å². The fourth-order valence-electron chi connectivity index (χ4n) is 3.03. The van der Waals surface area contributed by atoms with Crippen LogP contribution in [0.4, 0.5) is 0 Å². The number of nitrogens with zero attached hydrogens (tertiary/aromatic N) is 1. The van der Waals surface area contributed by atoms with Gasteiger partial charge in [-0.2, -0.15) is 0 Å². The normalized spacial score (nSPS) is 24.7. The molecule has 3 rings (SSSR count). The zero-order valence-electron chi connectivity index (χ0n) is 11.9. The van der Waals surface area contributed by atoms with Crippen molar-refractivity contribution in [1.82, 2.24) is 10.3 Å². The number of benzene rings is 1. The number of methoxy groups -OCH3 is 1. The predicted octanol–water partition coefficient (Wildman–Crippen LogP) is 2.44. The molecule has 0 bridgehead atoms. The Labute approximate surface area is 124 Å². The van der Waals surface area contributed by atoms with Gasteiger partial charge in [0.15, 0.2) is 0 Å². The van der Waals surface area contributed by atoms with Crippen LogP contribution in [0.2, 0.25) is 0 Å². The smallest absolute Gasteiger partial charge is 0.322 e. The van der Waals surface area contributed by atoms with Crippen molar-refractivity contribution < 1.29 is 9.53 Å². The fourth-order valence-corrected chi connectivity index (χ4v) is 3.03. The lowest BCUT2D eigenvalue weighted by Crippen LogP contribution is -2.33. The molecule has 21 heavy (non-hydrogen) atoms. The number of carbonyl (C=O) groups is 1. The Morgan fingerprint density at radius 2 is 1.86 bits per heavy atom. The van der Waals surface area contributed by atoms with Gasteiger partial charge in [0, 0.05) is 24.4 Å². The lowest BCUT2D eigenvalue weighted by molar-refractivity contribution is -0.142. The Balaban J connectivity index is 1.93. The molecule has 2 heterocycles. The minimum Gasteiger partial charge on any atom is -0.468 e.